The number of amides is 2. The second-order valence-electron chi connectivity index (χ2n) is 7.21. The molecule has 7 nitrogen and oxygen atoms in total. The van der Waals surface area contributed by atoms with Gasteiger partial charge >= 0.3 is 6.03 Å². The average molecular weight is 384 g/mol. The highest BCUT2D eigenvalue weighted by atomic mass is 19.1. The van der Waals surface area contributed by atoms with Crippen molar-refractivity contribution in [3.63, 3.8) is 0 Å². The molecule has 148 valence electrons. The summed E-state index contributed by atoms with van der Waals surface area (Å²) in [6.07, 6.45) is 4.93. The molecular weight excluding hydrogens is 359 g/mol. The van der Waals surface area contributed by atoms with Crippen molar-refractivity contribution < 1.29 is 9.18 Å². The Morgan fingerprint density at radius 1 is 1.29 bits per heavy atom. The maximum absolute atomic E-state index is 13.2. The minimum Gasteiger partial charge on any atom is -0.353 e. The van der Waals surface area contributed by atoms with Crippen LogP contribution in [0, 0.1) is 5.82 Å². The van der Waals surface area contributed by atoms with Gasteiger partial charge in [-0.05, 0) is 24.1 Å². The number of amidine groups is 1. The third-order valence-corrected chi connectivity index (χ3v) is 5.30. The maximum Gasteiger partial charge on any atom is 0.317 e. The van der Waals surface area contributed by atoms with Crippen molar-refractivity contribution in [3.8, 4) is 0 Å². The van der Waals surface area contributed by atoms with Gasteiger partial charge in [-0.2, -0.15) is 0 Å². The number of hydrogen-bond donors (Lipinski definition) is 1. The summed E-state index contributed by atoms with van der Waals surface area (Å²) >= 11 is 0. The van der Waals surface area contributed by atoms with Crippen LogP contribution >= 0.6 is 0 Å². The van der Waals surface area contributed by atoms with E-state index < -0.39 is 0 Å². The van der Waals surface area contributed by atoms with Gasteiger partial charge in [-0.3, -0.25) is 4.99 Å². The smallest absolute Gasteiger partial charge is 0.317 e. The van der Waals surface area contributed by atoms with E-state index in [2.05, 4.69) is 27.0 Å². The number of carbonyl (C=O) groups is 1. The molecule has 1 N–H and O–H groups in total. The van der Waals surface area contributed by atoms with E-state index in [0.29, 0.717) is 25.7 Å². The lowest BCUT2D eigenvalue weighted by atomic mass is 10.2. The van der Waals surface area contributed by atoms with Crippen molar-refractivity contribution in [3.05, 3.63) is 47.5 Å². The van der Waals surface area contributed by atoms with Crippen molar-refractivity contribution in [1.29, 1.82) is 0 Å². The van der Waals surface area contributed by atoms with Crippen LogP contribution in [0.25, 0.3) is 0 Å². The van der Waals surface area contributed by atoms with Crippen molar-refractivity contribution >= 4 is 18.2 Å². The Hall–Kier alpha value is -2.90. The van der Waals surface area contributed by atoms with Crippen molar-refractivity contribution in [2.75, 3.05) is 32.7 Å². The highest BCUT2D eigenvalue weighted by molar-refractivity contribution is 6.03. The standard InChI is InChI=1S/C20H25FN6O/c1-2-17-13-27-14-23-18(11-19(27)24-17)25-6-8-26(9-7-25)20(28)22-12-15-4-3-5-16(21)10-15/h3-5,10-11,14,17H,2,6-9,12-13H2,1H3,(H,22,28)/t17-/m1/s1. The van der Waals surface area contributed by atoms with Gasteiger partial charge in [-0.1, -0.05) is 19.1 Å². The summed E-state index contributed by atoms with van der Waals surface area (Å²) in [5.41, 5.74) is 0.751. The Labute approximate surface area is 164 Å². The predicted molar refractivity (Wildman–Crippen MR) is 107 cm³/mol. The minimum atomic E-state index is -0.294. The first-order valence-corrected chi connectivity index (χ1v) is 9.75. The maximum atomic E-state index is 13.2. The van der Waals surface area contributed by atoms with E-state index in [4.69, 9.17) is 4.99 Å². The number of hydrogen-bond acceptors (Lipinski definition) is 5. The summed E-state index contributed by atoms with van der Waals surface area (Å²) in [6, 6.07) is 6.49. The largest absolute Gasteiger partial charge is 0.353 e. The van der Waals surface area contributed by atoms with Gasteiger partial charge in [0.25, 0.3) is 0 Å². The van der Waals surface area contributed by atoms with Gasteiger partial charge in [0.2, 0.25) is 0 Å². The number of halogens is 1. The summed E-state index contributed by atoms with van der Waals surface area (Å²) < 4.78 is 13.2. The third-order valence-electron chi connectivity index (χ3n) is 5.30. The molecule has 8 heteroatoms. The number of urea groups is 1. The summed E-state index contributed by atoms with van der Waals surface area (Å²) in [7, 11) is 0. The van der Waals surface area contributed by atoms with Gasteiger partial charge in [-0.15, -0.1) is 0 Å². The lowest BCUT2D eigenvalue weighted by molar-refractivity contribution is 0.156. The number of aliphatic imine (C=N–C) groups is 2. The molecule has 4 rings (SSSR count). The molecular formula is C20H25FN6O. The summed E-state index contributed by atoms with van der Waals surface area (Å²) in [4.78, 5) is 27.7. The van der Waals surface area contributed by atoms with E-state index >= 15 is 0 Å². The molecule has 3 heterocycles. The fraction of sp³-hybridized carbons (Fsp3) is 0.450. The van der Waals surface area contributed by atoms with Gasteiger partial charge in [0.1, 0.15) is 17.5 Å². The fourth-order valence-corrected chi connectivity index (χ4v) is 3.60. The first-order valence-electron chi connectivity index (χ1n) is 9.75. The van der Waals surface area contributed by atoms with Crippen LogP contribution in [-0.2, 0) is 6.54 Å². The zero-order chi connectivity index (χ0) is 19.5. The van der Waals surface area contributed by atoms with Gasteiger partial charge in [0.15, 0.2) is 0 Å². The Morgan fingerprint density at radius 2 is 2.11 bits per heavy atom. The number of rotatable bonds is 4. The molecule has 0 bridgehead atoms. The van der Waals surface area contributed by atoms with Crippen LogP contribution in [-0.4, -0.2) is 71.7 Å². The average Bonchev–Trinajstić information content (AvgIpc) is 3.15. The first-order chi connectivity index (χ1) is 13.6. The monoisotopic (exact) mass is 384 g/mol. The SMILES string of the molecule is CC[C@@H]1CN2C=NC(N3CCN(C(=O)NCc4cccc(F)c4)CC3)=CC2=N1. The molecule has 3 aliphatic heterocycles. The Kier molecular flexibility index (Phi) is 5.27. The van der Waals surface area contributed by atoms with Gasteiger partial charge in [-0.25, -0.2) is 14.2 Å². The Balaban J connectivity index is 1.29. The number of nitrogens with zero attached hydrogens (tertiary/aromatic N) is 5. The summed E-state index contributed by atoms with van der Waals surface area (Å²) in [6.45, 7) is 6.06. The van der Waals surface area contributed by atoms with Crippen molar-refractivity contribution in [1.82, 2.24) is 20.0 Å². The molecule has 1 fully saturated rings. The van der Waals surface area contributed by atoms with Crippen LogP contribution in [0.4, 0.5) is 9.18 Å². The Morgan fingerprint density at radius 3 is 2.86 bits per heavy atom. The van der Waals surface area contributed by atoms with Crippen molar-refractivity contribution in [2.24, 2.45) is 9.98 Å². The van der Waals surface area contributed by atoms with Gasteiger partial charge in [0.05, 0.1) is 12.4 Å². The molecule has 1 atom stereocenters. The van der Waals surface area contributed by atoms with E-state index in [-0.39, 0.29) is 11.8 Å². The number of nitrogens with one attached hydrogen (secondary N) is 1. The molecule has 0 saturated carbocycles. The number of fused-ring (bicyclic) bond motifs is 1. The second kappa shape index (κ2) is 8.00. The predicted octanol–water partition coefficient (Wildman–Crippen LogP) is 2.03. The van der Waals surface area contributed by atoms with Crippen molar-refractivity contribution in [2.45, 2.75) is 25.9 Å². The number of carbonyl (C=O) groups excluding carboxylic acids is 1. The highest BCUT2D eigenvalue weighted by Gasteiger charge is 2.27. The molecule has 3 aliphatic rings. The third kappa shape index (κ3) is 4.00. The van der Waals surface area contributed by atoms with Crippen LogP contribution in [0.15, 0.2) is 46.1 Å². The highest BCUT2D eigenvalue weighted by Crippen LogP contribution is 2.19. The molecule has 0 aromatic heterocycles. The van der Waals surface area contributed by atoms with Gasteiger partial charge < -0.3 is 20.0 Å². The summed E-state index contributed by atoms with van der Waals surface area (Å²) in [5.74, 6) is 1.59. The Bertz CT molecular complexity index is 828. The topological polar surface area (TPSA) is 63.5 Å². The number of piperazine rings is 1. The van der Waals surface area contributed by atoms with Gasteiger partial charge in [0, 0.05) is 45.3 Å². The van der Waals surface area contributed by atoms with E-state index in [1.807, 2.05) is 12.4 Å². The zero-order valence-corrected chi connectivity index (χ0v) is 16.0. The molecule has 1 aromatic rings. The molecule has 1 saturated heterocycles. The van der Waals surface area contributed by atoms with E-state index in [9.17, 15) is 9.18 Å². The van der Waals surface area contributed by atoms with Crippen LogP contribution in [0.5, 0.6) is 0 Å². The molecule has 0 spiro atoms. The quantitative estimate of drug-likeness (QED) is 0.864. The van der Waals surface area contributed by atoms with E-state index in [1.54, 1.807) is 17.0 Å². The van der Waals surface area contributed by atoms with Crippen LogP contribution in [0.1, 0.15) is 18.9 Å². The summed E-state index contributed by atoms with van der Waals surface area (Å²) in [5, 5.41) is 2.86. The van der Waals surface area contributed by atoms with Crippen LogP contribution < -0.4 is 5.32 Å². The lowest BCUT2D eigenvalue weighted by Gasteiger charge is -2.36. The molecule has 1 aromatic carbocycles. The molecule has 28 heavy (non-hydrogen) atoms. The minimum absolute atomic E-state index is 0.123. The first kappa shape index (κ1) is 18.5. The lowest BCUT2D eigenvalue weighted by Crippen LogP contribution is -2.51. The van der Waals surface area contributed by atoms with E-state index in [1.165, 1.54) is 12.1 Å². The molecule has 0 radical (unpaired) electrons. The van der Waals surface area contributed by atoms with E-state index in [0.717, 1.165) is 43.3 Å². The fourth-order valence-electron chi connectivity index (χ4n) is 3.60. The van der Waals surface area contributed by atoms with Crippen LogP contribution in [0.2, 0.25) is 0 Å². The molecule has 0 unspecified atom stereocenters. The second-order valence-corrected chi connectivity index (χ2v) is 7.21. The normalized spacial score (nSPS) is 21.4. The zero-order valence-electron chi connectivity index (χ0n) is 16.0. The van der Waals surface area contributed by atoms with Crippen LogP contribution in [0.3, 0.4) is 0 Å². The molecule has 0 aliphatic carbocycles. The molecule has 2 amide bonds. The number of benzene rings is 1.